The lowest BCUT2D eigenvalue weighted by molar-refractivity contribution is 0.00166. The van der Waals surface area contributed by atoms with Crippen LogP contribution in [-0.2, 0) is 9.47 Å². The third-order valence-electron chi connectivity index (χ3n) is 6.96. The molecule has 1 amide bonds. The minimum absolute atomic E-state index is 0.0379. The number of carbonyl (C=O) groups is 1. The molecule has 0 saturated carbocycles. The predicted octanol–water partition coefficient (Wildman–Crippen LogP) is 2.33. The fourth-order valence-corrected chi connectivity index (χ4v) is 5.21. The summed E-state index contributed by atoms with van der Waals surface area (Å²) < 4.78 is 24.7. The molecule has 8 heteroatoms. The Labute approximate surface area is 194 Å². The van der Waals surface area contributed by atoms with Crippen LogP contribution < -0.4 is 14.8 Å². The van der Waals surface area contributed by atoms with Crippen molar-refractivity contribution in [3.05, 3.63) is 41.2 Å². The van der Waals surface area contributed by atoms with Crippen LogP contribution in [0.3, 0.4) is 0 Å². The number of aryl methyl sites for hydroxylation is 1. The summed E-state index contributed by atoms with van der Waals surface area (Å²) in [6.07, 6.45) is 1.04. The van der Waals surface area contributed by atoms with Crippen LogP contribution in [0.15, 0.2) is 24.3 Å². The van der Waals surface area contributed by atoms with Crippen molar-refractivity contribution in [2.45, 2.75) is 26.3 Å². The van der Waals surface area contributed by atoms with Gasteiger partial charge < -0.3 is 28.8 Å². The van der Waals surface area contributed by atoms with Gasteiger partial charge in [0.1, 0.15) is 13.2 Å². The molecule has 1 N–H and O–H groups in total. The second-order valence-corrected chi connectivity index (χ2v) is 9.00. The highest BCUT2D eigenvalue weighted by Gasteiger charge is 2.32. The lowest BCUT2D eigenvalue weighted by Gasteiger charge is -2.37. The minimum Gasteiger partial charge on any atom is -0.486 e. The maximum absolute atomic E-state index is 13.3. The molecular formula is C25H33N3O5. The lowest BCUT2D eigenvalue weighted by atomic mass is 9.96. The van der Waals surface area contributed by atoms with E-state index in [4.69, 9.17) is 18.9 Å². The van der Waals surface area contributed by atoms with E-state index < -0.39 is 0 Å². The summed E-state index contributed by atoms with van der Waals surface area (Å²) in [4.78, 5) is 15.7. The summed E-state index contributed by atoms with van der Waals surface area (Å²) in [6, 6.07) is 8.14. The standard InChI is InChI=1S/C25H33N3O5/c1-17-13-21(18(2)28(17)20-3-4-23-24(14-20)33-12-11-32-23)25(29)26-15-22(19-5-8-31-16-19)27-6-9-30-10-7-27/h3-4,13-14,19,22H,5-12,15-16H2,1-2H3,(H,26,29). The monoisotopic (exact) mass is 455 g/mol. The average molecular weight is 456 g/mol. The topological polar surface area (TPSA) is 74.2 Å². The molecule has 2 fully saturated rings. The summed E-state index contributed by atoms with van der Waals surface area (Å²) in [7, 11) is 0. The molecule has 0 bridgehead atoms. The zero-order valence-corrected chi connectivity index (χ0v) is 19.5. The molecule has 8 nitrogen and oxygen atoms in total. The number of benzene rings is 1. The number of carbonyl (C=O) groups excluding carboxylic acids is 1. The minimum atomic E-state index is -0.0379. The number of ether oxygens (including phenoxy) is 4. The van der Waals surface area contributed by atoms with Gasteiger partial charge in [0.15, 0.2) is 11.5 Å². The molecule has 2 aromatic rings. The van der Waals surface area contributed by atoms with Crippen molar-refractivity contribution in [1.82, 2.24) is 14.8 Å². The van der Waals surface area contributed by atoms with E-state index in [1.54, 1.807) is 0 Å². The van der Waals surface area contributed by atoms with Gasteiger partial charge in [-0.3, -0.25) is 9.69 Å². The van der Waals surface area contributed by atoms with Gasteiger partial charge >= 0.3 is 0 Å². The predicted molar refractivity (Wildman–Crippen MR) is 124 cm³/mol. The van der Waals surface area contributed by atoms with E-state index in [-0.39, 0.29) is 11.9 Å². The van der Waals surface area contributed by atoms with Crippen molar-refractivity contribution < 1.29 is 23.7 Å². The van der Waals surface area contributed by atoms with Gasteiger partial charge in [0.2, 0.25) is 0 Å². The number of fused-ring (bicyclic) bond motifs is 1. The normalized spacial score (nSPS) is 21.7. The Bertz CT molecular complexity index is 992. The maximum atomic E-state index is 13.3. The van der Waals surface area contributed by atoms with E-state index in [2.05, 4.69) is 14.8 Å². The van der Waals surface area contributed by atoms with Crippen LogP contribution in [0.4, 0.5) is 0 Å². The van der Waals surface area contributed by atoms with Gasteiger partial charge in [0.05, 0.1) is 25.4 Å². The first-order chi connectivity index (χ1) is 16.1. The molecule has 178 valence electrons. The van der Waals surface area contributed by atoms with Crippen molar-refractivity contribution in [2.24, 2.45) is 5.92 Å². The summed E-state index contributed by atoms with van der Waals surface area (Å²) in [5, 5.41) is 3.22. The molecular weight excluding hydrogens is 422 g/mol. The largest absolute Gasteiger partial charge is 0.486 e. The van der Waals surface area contributed by atoms with Gasteiger partial charge in [-0.25, -0.2) is 0 Å². The summed E-state index contributed by atoms with van der Waals surface area (Å²) in [5.41, 5.74) is 3.57. The van der Waals surface area contributed by atoms with Crippen LogP contribution in [0.1, 0.15) is 28.2 Å². The van der Waals surface area contributed by atoms with Gasteiger partial charge in [0, 0.05) is 61.3 Å². The summed E-state index contributed by atoms with van der Waals surface area (Å²) in [6.45, 7) is 10.6. The first kappa shape index (κ1) is 22.3. The molecule has 0 aliphatic carbocycles. The SMILES string of the molecule is Cc1cc(C(=O)NCC(C2CCOC2)N2CCOCC2)c(C)n1-c1ccc2c(c1)OCCO2. The van der Waals surface area contributed by atoms with Crippen LogP contribution in [0.5, 0.6) is 11.5 Å². The first-order valence-electron chi connectivity index (χ1n) is 11.9. The fraction of sp³-hybridized carbons (Fsp3) is 0.560. The number of hydrogen-bond acceptors (Lipinski definition) is 6. The summed E-state index contributed by atoms with van der Waals surface area (Å²) >= 11 is 0. The fourth-order valence-electron chi connectivity index (χ4n) is 5.21. The Kier molecular flexibility index (Phi) is 6.57. The van der Waals surface area contributed by atoms with E-state index in [9.17, 15) is 4.79 Å². The van der Waals surface area contributed by atoms with Crippen LogP contribution in [-0.4, -0.2) is 80.7 Å². The molecule has 5 rings (SSSR count). The molecule has 0 radical (unpaired) electrons. The number of rotatable bonds is 6. The highest BCUT2D eigenvalue weighted by atomic mass is 16.6. The van der Waals surface area contributed by atoms with Gasteiger partial charge in [-0.1, -0.05) is 0 Å². The van der Waals surface area contributed by atoms with Gasteiger partial charge in [0.25, 0.3) is 5.91 Å². The Balaban J connectivity index is 1.32. The van der Waals surface area contributed by atoms with Crippen LogP contribution in [0.25, 0.3) is 5.69 Å². The van der Waals surface area contributed by atoms with Crippen molar-refractivity contribution >= 4 is 5.91 Å². The van der Waals surface area contributed by atoms with Crippen molar-refractivity contribution in [3.63, 3.8) is 0 Å². The Hall–Kier alpha value is -2.55. The first-order valence-corrected chi connectivity index (χ1v) is 11.9. The van der Waals surface area contributed by atoms with E-state index in [0.29, 0.717) is 31.2 Å². The smallest absolute Gasteiger partial charge is 0.253 e. The number of hydrogen-bond donors (Lipinski definition) is 1. The Morgan fingerprint density at radius 3 is 2.58 bits per heavy atom. The molecule has 2 atom stereocenters. The van der Waals surface area contributed by atoms with Gasteiger partial charge in [-0.2, -0.15) is 0 Å². The second-order valence-electron chi connectivity index (χ2n) is 9.00. The van der Waals surface area contributed by atoms with Gasteiger partial charge in [-0.15, -0.1) is 0 Å². The second kappa shape index (κ2) is 9.75. The highest BCUT2D eigenvalue weighted by Crippen LogP contribution is 2.33. The molecule has 0 spiro atoms. The maximum Gasteiger partial charge on any atom is 0.253 e. The van der Waals surface area contributed by atoms with Crippen molar-refractivity contribution in [2.75, 3.05) is 59.3 Å². The van der Waals surface area contributed by atoms with Gasteiger partial charge in [-0.05, 0) is 38.5 Å². The molecule has 1 aromatic carbocycles. The van der Waals surface area contributed by atoms with Crippen molar-refractivity contribution in [3.8, 4) is 17.2 Å². The molecule has 33 heavy (non-hydrogen) atoms. The number of morpholine rings is 1. The molecule has 1 aromatic heterocycles. The number of nitrogens with one attached hydrogen (secondary N) is 1. The highest BCUT2D eigenvalue weighted by molar-refractivity contribution is 5.96. The van der Waals surface area contributed by atoms with Crippen LogP contribution in [0.2, 0.25) is 0 Å². The third-order valence-corrected chi connectivity index (χ3v) is 6.96. The van der Waals surface area contributed by atoms with E-state index in [1.807, 2.05) is 38.1 Å². The molecule has 3 aliphatic rings. The quantitative estimate of drug-likeness (QED) is 0.721. The molecule has 2 unspecified atom stereocenters. The number of aromatic nitrogens is 1. The summed E-state index contributed by atoms with van der Waals surface area (Å²) in [5.74, 6) is 1.90. The average Bonchev–Trinajstić information content (AvgIpc) is 3.47. The number of amides is 1. The van der Waals surface area contributed by atoms with Crippen molar-refractivity contribution in [1.29, 1.82) is 0 Å². The van der Waals surface area contributed by atoms with Crippen LogP contribution in [0, 0.1) is 19.8 Å². The zero-order valence-electron chi connectivity index (χ0n) is 19.5. The third kappa shape index (κ3) is 4.60. The molecule has 2 saturated heterocycles. The lowest BCUT2D eigenvalue weighted by Crippen LogP contribution is -2.52. The number of nitrogens with zero attached hydrogens (tertiary/aromatic N) is 2. The Morgan fingerprint density at radius 2 is 1.82 bits per heavy atom. The van der Waals surface area contributed by atoms with Crippen LogP contribution >= 0.6 is 0 Å². The molecule has 3 aliphatic heterocycles. The van der Waals surface area contributed by atoms with E-state index in [1.165, 1.54) is 0 Å². The van der Waals surface area contributed by atoms with E-state index >= 15 is 0 Å². The van der Waals surface area contributed by atoms with E-state index in [0.717, 1.165) is 74.5 Å². The Morgan fingerprint density at radius 1 is 1.03 bits per heavy atom. The molecule has 4 heterocycles. The zero-order chi connectivity index (χ0) is 22.8.